The maximum atomic E-state index is 13.0. The third-order valence-corrected chi connectivity index (χ3v) is 6.30. The van der Waals surface area contributed by atoms with Gasteiger partial charge in [0, 0.05) is 33.7 Å². The van der Waals surface area contributed by atoms with Crippen LogP contribution in [0.4, 0.5) is 0 Å². The highest BCUT2D eigenvalue weighted by atomic mass is 79.9. The van der Waals surface area contributed by atoms with Crippen LogP contribution in [-0.2, 0) is 16.0 Å². The van der Waals surface area contributed by atoms with E-state index >= 15 is 0 Å². The molecule has 1 atom stereocenters. The number of Topliss-reactive ketones (excluding diaryl/α,β-unsaturated/α-hetero) is 1. The number of nitrogens with one attached hydrogen (secondary N) is 1. The predicted octanol–water partition coefficient (Wildman–Crippen LogP) is 5.19. The van der Waals surface area contributed by atoms with Gasteiger partial charge in [0.05, 0.1) is 11.8 Å². The van der Waals surface area contributed by atoms with Gasteiger partial charge in [0.1, 0.15) is 17.6 Å². The maximum Gasteiger partial charge on any atom is 0.295 e. The number of aliphatic hydroxyl groups excluding tert-OH is 1. The van der Waals surface area contributed by atoms with E-state index in [-0.39, 0.29) is 11.3 Å². The van der Waals surface area contributed by atoms with Gasteiger partial charge in [-0.05, 0) is 42.3 Å². The lowest BCUT2D eigenvalue weighted by Gasteiger charge is -2.23. The van der Waals surface area contributed by atoms with Gasteiger partial charge in [-0.2, -0.15) is 0 Å². The molecule has 0 bridgehead atoms. The Balaban J connectivity index is 1.53. The van der Waals surface area contributed by atoms with Crippen LogP contribution in [0.5, 0.6) is 0 Å². The minimum atomic E-state index is -0.793. The molecule has 1 saturated heterocycles. The van der Waals surface area contributed by atoms with Crippen LogP contribution in [0, 0.1) is 0 Å². The van der Waals surface area contributed by atoms with E-state index in [0.717, 1.165) is 20.9 Å². The first-order valence-corrected chi connectivity index (χ1v) is 11.0. The van der Waals surface area contributed by atoms with Crippen LogP contribution < -0.4 is 0 Å². The summed E-state index contributed by atoms with van der Waals surface area (Å²) in [6, 6.07) is 17.5. The molecule has 0 unspecified atom stereocenters. The number of carbonyl (C=O) groups is 2. The van der Waals surface area contributed by atoms with Crippen molar-refractivity contribution in [2.45, 2.75) is 12.5 Å². The van der Waals surface area contributed by atoms with Gasteiger partial charge in [-0.15, -0.1) is 0 Å². The fraction of sp³-hybridized carbons (Fsp3) is 0.120. The molecule has 6 nitrogen and oxygen atoms in total. The van der Waals surface area contributed by atoms with Crippen molar-refractivity contribution >= 4 is 44.3 Å². The van der Waals surface area contributed by atoms with E-state index < -0.39 is 17.7 Å². The highest BCUT2D eigenvalue weighted by Crippen LogP contribution is 2.39. The van der Waals surface area contributed by atoms with Crippen molar-refractivity contribution in [3.63, 3.8) is 0 Å². The monoisotopic (exact) mass is 490 g/mol. The lowest BCUT2D eigenvalue weighted by atomic mass is 9.99. The largest absolute Gasteiger partial charge is 0.507 e. The van der Waals surface area contributed by atoms with E-state index in [9.17, 15) is 14.7 Å². The number of carbonyl (C=O) groups excluding carboxylic acids is 2. The van der Waals surface area contributed by atoms with Crippen LogP contribution in [0.3, 0.4) is 0 Å². The van der Waals surface area contributed by atoms with Gasteiger partial charge in [-0.1, -0.05) is 46.3 Å². The number of aromatic nitrogens is 1. The first-order valence-electron chi connectivity index (χ1n) is 10.2. The zero-order valence-corrected chi connectivity index (χ0v) is 18.5. The van der Waals surface area contributed by atoms with E-state index in [1.807, 2.05) is 30.5 Å². The number of para-hydroxylation sites is 1. The summed E-state index contributed by atoms with van der Waals surface area (Å²) in [6.45, 7) is 0.301. The fourth-order valence-corrected chi connectivity index (χ4v) is 4.46. The molecule has 0 radical (unpaired) electrons. The number of rotatable bonds is 5. The predicted molar refractivity (Wildman–Crippen MR) is 124 cm³/mol. The van der Waals surface area contributed by atoms with Crippen molar-refractivity contribution < 1.29 is 19.1 Å². The number of likely N-dealkylation sites (tertiary alicyclic amines) is 1. The number of furan rings is 1. The third kappa shape index (κ3) is 3.44. The first-order chi connectivity index (χ1) is 15.5. The molecule has 1 aliphatic rings. The Labute approximate surface area is 192 Å². The molecule has 3 heterocycles. The molecule has 0 aliphatic carbocycles. The van der Waals surface area contributed by atoms with Crippen molar-refractivity contribution in [1.82, 2.24) is 9.88 Å². The Morgan fingerprint density at radius 3 is 2.59 bits per heavy atom. The minimum absolute atomic E-state index is 0.0335. The first kappa shape index (κ1) is 20.3. The summed E-state index contributed by atoms with van der Waals surface area (Å²) in [6.07, 6.45) is 3.96. The van der Waals surface area contributed by atoms with Gasteiger partial charge < -0.3 is 19.4 Å². The highest BCUT2D eigenvalue weighted by molar-refractivity contribution is 9.10. The second-order valence-electron chi connectivity index (χ2n) is 7.62. The van der Waals surface area contributed by atoms with Gasteiger partial charge in [-0.3, -0.25) is 9.59 Å². The average Bonchev–Trinajstić information content (AvgIpc) is 3.52. The average molecular weight is 491 g/mol. The van der Waals surface area contributed by atoms with Crippen LogP contribution in [0.25, 0.3) is 16.7 Å². The Bertz CT molecular complexity index is 1340. The Kier molecular flexibility index (Phi) is 5.19. The van der Waals surface area contributed by atoms with Crippen LogP contribution in [-0.4, -0.2) is 33.2 Å². The van der Waals surface area contributed by atoms with Crippen LogP contribution in [0.2, 0.25) is 0 Å². The molecule has 5 rings (SSSR count). The standard InChI is InChI=1S/C25H19BrN2O4/c26-17-9-7-15(8-10-17)23(29)21-22(20-6-3-13-32-20)28(25(31)24(21)30)12-11-16-14-27-19-5-2-1-4-18(16)19/h1-10,13-14,22,27,29H,11-12H2/t22-/m0/s1. The molecule has 0 saturated carbocycles. The molecular formula is C25H19BrN2O4. The smallest absolute Gasteiger partial charge is 0.295 e. The molecule has 2 aromatic carbocycles. The van der Waals surface area contributed by atoms with Gasteiger partial charge >= 0.3 is 0 Å². The quantitative estimate of drug-likeness (QED) is 0.229. The second-order valence-corrected chi connectivity index (χ2v) is 8.54. The Morgan fingerprint density at radius 1 is 1.06 bits per heavy atom. The number of benzene rings is 2. The summed E-state index contributed by atoms with van der Waals surface area (Å²) in [5.41, 5.74) is 2.56. The molecule has 7 heteroatoms. The number of amides is 1. The van der Waals surface area contributed by atoms with Gasteiger partial charge in [0.25, 0.3) is 11.7 Å². The summed E-state index contributed by atoms with van der Waals surface area (Å²) in [5.74, 6) is -1.15. The lowest BCUT2D eigenvalue weighted by molar-refractivity contribution is -0.140. The third-order valence-electron chi connectivity index (χ3n) is 5.77. The summed E-state index contributed by atoms with van der Waals surface area (Å²) < 4.78 is 6.43. The molecule has 32 heavy (non-hydrogen) atoms. The fourth-order valence-electron chi connectivity index (χ4n) is 4.20. The number of fused-ring (bicyclic) bond motifs is 1. The van der Waals surface area contributed by atoms with Crippen LogP contribution >= 0.6 is 15.9 Å². The Hall–Kier alpha value is -3.58. The normalized spacial score (nSPS) is 18.0. The summed E-state index contributed by atoms with van der Waals surface area (Å²) in [4.78, 5) is 30.7. The number of H-pyrrole nitrogens is 1. The summed E-state index contributed by atoms with van der Waals surface area (Å²) in [7, 11) is 0. The van der Waals surface area contributed by atoms with Crippen LogP contribution in [0.15, 0.2) is 87.6 Å². The number of hydrogen-bond donors (Lipinski definition) is 2. The molecule has 160 valence electrons. The van der Waals surface area contributed by atoms with E-state index in [0.29, 0.717) is 24.3 Å². The second kappa shape index (κ2) is 8.16. The number of hydrogen-bond acceptors (Lipinski definition) is 4. The molecule has 1 aliphatic heterocycles. The molecule has 1 amide bonds. The zero-order valence-electron chi connectivity index (χ0n) is 16.9. The maximum absolute atomic E-state index is 13.0. The molecule has 2 aromatic heterocycles. The molecule has 4 aromatic rings. The van der Waals surface area contributed by atoms with E-state index in [4.69, 9.17) is 4.42 Å². The van der Waals surface area contributed by atoms with Crippen molar-refractivity contribution in [1.29, 1.82) is 0 Å². The number of ketones is 1. The number of nitrogens with zero attached hydrogens (tertiary/aromatic N) is 1. The van der Waals surface area contributed by atoms with Crippen LogP contribution in [0.1, 0.15) is 22.9 Å². The molecule has 2 N–H and O–H groups in total. The number of aliphatic hydroxyl groups is 1. The summed E-state index contributed by atoms with van der Waals surface area (Å²) in [5, 5.41) is 12.1. The molecule has 0 spiro atoms. The van der Waals surface area contributed by atoms with Crippen molar-refractivity contribution in [2.75, 3.05) is 6.54 Å². The van der Waals surface area contributed by atoms with E-state index in [2.05, 4.69) is 20.9 Å². The topological polar surface area (TPSA) is 86.5 Å². The SMILES string of the molecule is O=C1C(=O)N(CCc2c[nH]c3ccccc23)[C@@H](c2ccco2)C1=C(O)c1ccc(Br)cc1. The van der Waals surface area contributed by atoms with Gasteiger partial charge in [-0.25, -0.2) is 0 Å². The van der Waals surface area contributed by atoms with Crippen molar-refractivity contribution in [3.05, 3.63) is 100 Å². The van der Waals surface area contributed by atoms with Gasteiger partial charge in [0.15, 0.2) is 0 Å². The number of halogens is 1. The highest BCUT2D eigenvalue weighted by Gasteiger charge is 2.47. The minimum Gasteiger partial charge on any atom is -0.507 e. The molecular weight excluding hydrogens is 472 g/mol. The lowest BCUT2D eigenvalue weighted by Crippen LogP contribution is -2.31. The van der Waals surface area contributed by atoms with Gasteiger partial charge in [0.2, 0.25) is 0 Å². The zero-order chi connectivity index (χ0) is 22.2. The number of aromatic amines is 1. The van der Waals surface area contributed by atoms with E-state index in [1.165, 1.54) is 11.2 Å². The van der Waals surface area contributed by atoms with Crippen molar-refractivity contribution in [2.24, 2.45) is 0 Å². The Morgan fingerprint density at radius 2 is 1.84 bits per heavy atom. The molecule has 1 fully saturated rings. The summed E-state index contributed by atoms with van der Waals surface area (Å²) >= 11 is 3.36. The van der Waals surface area contributed by atoms with E-state index in [1.54, 1.807) is 36.4 Å². The van der Waals surface area contributed by atoms with Crippen molar-refractivity contribution in [3.8, 4) is 0 Å².